The smallest absolute Gasteiger partial charge is 0.326 e. The van der Waals surface area contributed by atoms with E-state index >= 15 is 0 Å². The van der Waals surface area contributed by atoms with Crippen LogP contribution in [0, 0.1) is 27.7 Å². The number of pyridine rings is 1. The molecule has 2 N–H and O–H groups in total. The molecule has 27 heavy (non-hydrogen) atoms. The van der Waals surface area contributed by atoms with Crippen molar-refractivity contribution in [2.45, 2.75) is 47.1 Å². The van der Waals surface area contributed by atoms with Gasteiger partial charge in [-0.2, -0.15) is 0 Å². The van der Waals surface area contributed by atoms with Gasteiger partial charge in [-0.3, -0.25) is 9.59 Å². The van der Waals surface area contributed by atoms with E-state index in [1.54, 1.807) is 11.6 Å². The number of benzene rings is 1. The van der Waals surface area contributed by atoms with Crippen molar-refractivity contribution < 1.29 is 14.7 Å². The van der Waals surface area contributed by atoms with Gasteiger partial charge in [-0.1, -0.05) is 18.2 Å². The summed E-state index contributed by atoms with van der Waals surface area (Å²) in [5.41, 5.74) is 6.11. The number of aromatic nitrogens is 1. The fourth-order valence-electron chi connectivity index (χ4n) is 3.32. The molecule has 6 heteroatoms. The molecule has 1 aromatic carbocycles. The molecule has 0 aliphatic carbocycles. The second-order valence-corrected chi connectivity index (χ2v) is 7.02. The summed E-state index contributed by atoms with van der Waals surface area (Å²) in [7, 11) is 1.77. The third kappa shape index (κ3) is 4.10. The third-order valence-electron chi connectivity index (χ3n) is 5.18. The van der Waals surface area contributed by atoms with Crippen LogP contribution in [0.15, 0.2) is 23.0 Å². The summed E-state index contributed by atoms with van der Waals surface area (Å²) in [6.45, 7) is 9.08. The Morgan fingerprint density at radius 1 is 1.15 bits per heavy atom. The van der Waals surface area contributed by atoms with Crippen molar-refractivity contribution in [2.75, 3.05) is 0 Å². The summed E-state index contributed by atoms with van der Waals surface area (Å²) in [4.78, 5) is 35.4. The van der Waals surface area contributed by atoms with Gasteiger partial charge in [0.05, 0.1) is 5.56 Å². The Morgan fingerprint density at radius 3 is 2.30 bits per heavy atom. The minimum Gasteiger partial charge on any atom is -0.480 e. The number of rotatable bonds is 5. The number of hydrogen-bond acceptors (Lipinski definition) is 3. The average molecular weight is 370 g/mol. The number of carbonyl (C=O) groups is 2. The van der Waals surface area contributed by atoms with Crippen LogP contribution in [-0.2, 0) is 23.1 Å². The zero-order valence-corrected chi connectivity index (χ0v) is 16.6. The van der Waals surface area contributed by atoms with E-state index in [1.807, 2.05) is 45.9 Å². The highest BCUT2D eigenvalue weighted by Crippen LogP contribution is 2.27. The Bertz CT molecular complexity index is 973. The van der Waals surface area contributed by atoms with Crippen LogP contribution in [0.1, 0.15) is 34.9 Å². The number of aliphatic carboxylic acids is 1. The van der Waals surface area contributed by atoms with Gasteiger partial charge in [-0.25, -0.2) is 4.79 Å². The van der Waals surface area contributed by atoms with Crippen LogP contribution in [0.25, 0.3) is 11.1 Å². The molecule has 0 aliphatic heterocycles. The van der Waals surface area contributed by atoms with E-state index in [0.717, 1.165) is 33.5 Å². The lowest BCUT2D eigenvalue weighted by Gasteiger charge is -2.18. The molecular formula is C21H26N2O4. The summed E-state index contributed by atoms with van der Waals surface area (Å²) in [5.74, 6) is -1.46. The van der Waals surface area contributed by atoms with Gasteiger partial charge in [0.15, 0.2) is 0 Å². The van der Waals surface area contributed by atoms with E-state index in [4.69, 9.17) is 0 Å². The first-order valence-corrected chi connectivity index (χ1v) is 8.81. The van der Waals surface area contributed by atoms with Gasteiger partial charge in [0.25, 0.3) is 5.56 Å². The number of carboxylic acids is 1. The van der Waals surface area contributed by atoms with E-state index in [2.05, 4.69) is 5.32 Å². The van der Waals surface area contributed by atoms with E-state index in [9.17, 15) is 19.5 Å². The first-order chi connectivity index (χ1) is 12.5. The number of carbonyl (C=O) groups excluding carboxylic acids is 1. The molecule has 0 fully saturated rings. The number of aryl methyl sites for hydroxylation is 1. The van der Waals surface area contributed by atoms with Crippen LogP contribution >= 0.6 is 0 Å². The molecule has 0 radical (unpaired) electrons. The van der Waals surface area contributed by atoms with Gasteiger partial charge in [-0.05, 0) is 55.5 Å². The molecule has 144 valence electrons. The maximum absolute atomic E-state index is 12.8. The summed E-state index contributed by atoms with van der Waals surface area (Å²) in [6, 6.07) is 4.56. The van der Waals surface area contributed by atoms with Crippen LogP contribution in [0.4, 0.5) is 0 Å². The highest BCUT2D eigenvalue weighted by Gasteiger charge is 2.20. The maximum atomic E-state index is 12.8. The largest absolute Gasteiger partial charge is 0.480 e. The lowest BCUT2D eigenvalue weighted by atomic mass is 9.92. The first kappa shape index (κ1) is 20.4. The summed E-state index contributed by atoms with van der Waals surface area (Å²) >= 11 is 0. The van der Waals surface area contributed by atoms with Gasteiger partial charge in [0, 0.05) is 26.1 Å². The van der Waals surface area contributed by atoms with Gasteiger partial charge in [0.2, 0.25) is 5.91 Å². The van der Waals surface area contributed by atoms with E-state index < -0.39 is 12.0 Å². The topological polar surface area (TPSA) is 88.4 Å². The molecule has 1 unspecified atom stereocenters. The van der Waals surface area contributed by atoms with E-state index in [-0.39, 0.29) is 17.9 Å². The Morgan fingerprint density at radius 2 is 1.78 bits per heavy atom. The van der Waals surface area contributed by atoms with Gasteiger partial charge in [-0.15, -0.1) is 0 Å². The van der Waals surface area contributed by atoms with Crippen molar-refractivity contribution in [3.8, 4) is 11.1 Å². The van der Waals surface area contributed by atoms with Crippen LogP contribution in [-0.4, -0.2) is 27.6 Å². The van der Waals surface area contributed by atoms with Crippen molar-refractivity contribution in [1.82, 2.24) is 9.88 Å². The summed E-state index contributed by atoms with van der Waals surface area (Å²) < 4.78 is 1.66. The van der Waals surface area contributed by atoms with Crippen LogP contribution in [0.2, 0.25) is 0 Å². The molecule has 2 aromatic rings. The first-order valence-electron chi connectivity index (χ1n) is 8.81. The SMILES string of the molecule is CC(=O)NC(Cc1ccc(-c2c(C)c(C)c(C)n(C)c2=O)c(C)c1)C(=O)O. The Kier molecular flexibility index (Phi) is 5.88. The average Bonchev–Trinajstić information content (AvgIpc) is 2.59. The molecule has 6 nitrogen and oxygen atoms in total. The quantitative estimate of drug-likeness (QED) is 0.846. The number of nitrogens with zero attached hydrogens (tertiary/aromatic N) is 1. The van der Waals surface area contributed by atoms with E-state index in [0.29, 0.717) is 5.56 Å². The molecule has 0 saturated carbocycles. The normalized spacial score (nSPS) is 11.9. The molecule has 1 heterocycles. The van der Waals surface area contributed by atoms with Crippen molar-refractivity contribution in [1.29, 1.82) is 0 Å². The Hall–Kier alpha value is -2.89. The van der Waals surface area contributed by atoms with Crippen LogP contribution in [0.3, 0.4) is 0 Å². The zero-order valence-electron chi connectivity index (χ0n) is 16.6. The van der Waals surface area contributed by atoms with Crippen molar-refractivity contribution in [3.05, 3.63) is 56.5 Å². The molecule has 2 rings (SSSR count). The van der Waals surface area contributed by atoms with Crippen LogP contribution in [0.5, 0.6) is 0 Å². The van der Waals surface area contributed by atoms with E-state index in [1.165, 1.54) is 6.92 Å². The number of nitrogens with one attached hydrogen (secondary N) is 1. The van der Waals surface area contributed by atoms with Gasteiger partial charge >= 0.3 is 5.97 Å². The molecule has 0 spiro atoms. The zero-order chi connectivity index (χ0) is 20.5. The molecule has 0 bridgehead atoms. The predicted molar refractivity (Wildman–Crippen MR) is 105 cm³/mol. The molecule has 0 saturated heterocycles. The Labute approximate surface area is 158 Å². The summed E-state index contributed by atoms with van der Waals surface area (Å²) in [5, 5.41) is 11.7. The molecular weight excluding hydrogens is 344 g/mol. The highest BCUT2D eigenvalue weighted by molar-refractivity contribution is 5.82. The van der Waals surface area contributed by atoms with Gasteiger partial charge < -0.3 is 15.0 Å². The summed E-state index contributed by atoms with van der Waals surface area (Å²) in [6.07, 6.45) is 0.181. The van der Waals surface area contributed by atoms with Gasteiger partial charge in [0.1, 0.15) is 6.04 Å². The molecule has 1 atom stereocenters. The minimum atomic E-state index is -1.08. The third-order valence-corrected chi connectivity index (χ3v) is 5.18. The number of amides is 1. The second kappa shape index (κ2) is 7.78. The van der Waals surface area contributed by atoms with Crippen LogP contribution < -0.4 is 10.9 Å². The standard InChI is InChI=1S/C21H26N2O4/c1-11-9-16(10-18(21(26)27)22-15(5)24)7-8-17(11)19-13(3)12(2)14(4)23(6)20(19)25/h7-9,18H,10H2,1-6H3,(H,22,24)(H,26,27). The maximum Gasteiger partial charge on any atom is 0.326 e. The number of carboxylic acid groups (broad SMARTS) is 1. The fourth-order valence-corrected chi connectivity index (χ4v) is 3.32. The van der Waals surface area contributed by atoms with Crippen molar-refractivity contribution in [3.63, 3.8) is 0 Å². The lowest BCUT2D eigenvalue weighted by Crippen LogP contribution is -2.41. The Balaban J connectivity index is 2.48. The minimum absolute atomic E-state index is 0.0480. The van der Waals surface area contributed by atoms with Crippen molar-refractivity contribution in [2.24, 2.45) is 7.05 Å². The monoisotopic (exact) mass is 370 g/mol. The molecule has 1 amide bonds. The van der Waals surface area contributed by atoms with Crippen molar-refractivity contribution >= 4 is 11.9 Å². The second-order valence-electron chi connectivity index (χ2n) is 7.02. The number of hydrogen-bond donors (Lipinski definition) is 2. The lowest BCUT2D eigenvalue weighted by molar-refractivity contribution is -0.141. The molecule has 0 aliphatic rings. The highest BCUT2D eigenvalue weighted by atomic mass is 16.4. The molecule has 1 aromatic heterocycles. The predicted octanol–water partition coefficient (Wildman–Crippen LogP) is 2.42. The fraction of sp³-hybridized carbons (Fsp3) is 0.381.